The van der Waals surface area contributed by atoms with Crippen LogP contribution >= 0.6 is 11.8 Å². The molecule has 2 aromatic rings. The topological polar surface area (TPSA) is 20.3 Å². The van der Waals surface area contributed by atoms with Gasteiger partial charge >= 0.3 is 0 Å². The number of rotatable bonds is 3. The van der Waals surface area contributed by atoms with Gasteiger partial charge in [-0.1, -0.05) is 60.7 Å². The molecule has 1 fully saturated rings. The van der Waals surface area contributed by atoms with Crippen LogP contribution < -0.4 is 0 Å². The van der Waals surface area contributed by atoms with Gasteiger partial charge in [0.1, 0.15) is 5.37 Å². The predicted molar refractivity (Wildman–Crippen MR) is 83.2 cm³/mol. The fraction of sp³-hybridized carbons (Fsp3) is 0.235. The Morgan fingerprint density at radius 1 is 1.00 bits per heavy atom. The van der Waals surface area contributed by atoms with E-state index in [1.807, 2.05) is 48.2 Å². The van der Waals surface area contributed by atoms with Crippen LogP contribution in [0.15, 0.2) is 60.7 Å². The quantitative estimate of drug-likeness (QED) is 0.853. The summed E-state index contributed by atoms with van der Waals surface area (Å²) in [5.41, 5.74) is 2.38. The number of hydrogen-bond donors (Lipinski definition) is 0. The summed E-state index contributed by atoms with van der Waals surface area (Å²) in [6.45, 7) is 2.67. The predicted octanol–water partition coefficient (Wildman–Crippen LogP) is 3.85. The van der Waals surface area contributed by atoms with Gasteiger partial charge in [-0.05, 0) is 18.1 Å². The molecule has 0 aliphatic carbocycles. The van der Waals surface area contributed by atoms with E-state index in [4.69, 9.17) is 0 Å². The van der Waals surface area contributed by atoms with E-state index >= 15 is 0 Å². The SMILES string of the molecule is C[C@H]1S[C@H](c2ccccc2)N(Cc2ccccc2)C1=O. The van der Waals surface area contributed by atoms with Crippen LogP contribution in [0, 0.1) is 0 Å². The molecule has 2 nitrogen and oxygen atoms in total. The molecular weight excluding hydrogens is 266 g/mol. The Morgan fingerprint density at radius 2 is 1.60 bits per heavy atom. The molecule has 2 atom stereocenters. The van der Waals surface area contributed by atoms with Crippen molar-refractivity contribution in [3.05, 3.63) is 71.8 Å². The standard InChI is InChI=1S/C17H17NOS/c1-13-16(19)18(12-14-8-4-2-5-9-14)17(20-13)15-10-6-3-7-11-15/h2-11,13,17H,12H2,1H3/t13-,17-/m1/s1. The van der Waals surface area contributed by atoms with Crippen molar-refractivity contribution in [3.8, 4) is 0 Å². The van der Waals surface area contributed by atoms with Crippen LogP contribution in [0.1, 0.15) is 23.4 Å². The molecule has 1 aliphatic rings. The van der Waals surface area contributed by atoms with Crippen molar-refractivity contribution in [2.45, 2.75) is 24.1 Å². The molecular formula is C17H17NOS. The third kappa shape index (κ3) is 2.59. The molecule has 0 N–H and O–H groups in total. The van der Waals surface area contributed by atoms with E-state index in [0.29, 0.717) is 6.54 Å². The van der Waals surface area contributed by atoms with Gasteiger partial charge in [0.15, 0.2) is 0 Å². The maximum atomic E-state index is 12.4. The number of nitrogens with zero attached hydrogens (tertiary/aromatic N) is 1. The summed E-state index contributed by atoms with van der Waals surface area (Å²) in [6.07, 6.45) is 0. The van der Waals surface area contributed by atoms with Gasteiger partial charge in [0.05, 0.1) is 5.25 Å². The van der Waals surface area contributed by atoms with Crippen LogP contribution in [0.2, 0.25) is 0 Å². The summed E-state index contributed by atoms with van der Waals surface area (Å²) in [5.74, 6) is 0.229. The minimum atomic E-state index is 0.0314. The Hall–Kier alpha value is -1.74. The second-order valence-corrected chi connectivity index (χ2v) is 6.42. The molecule has 0 aromatic heterocycles. The van der Waals surface area contributed by atoms with Crippen molar-refractivity contribution < 1.29 is 4.79 Å². The molecule has 1 amide bonds. The Morgan fingerprint density at radius 3 is 2.25 bits per heavy atom. The van der Waals surface area contributed by atoms with E-state index < -0.39 is 0 Å². The van der Waals surface area contributed by atoms with E-state index in [1.165, 1.54) is 11.1 Å². The minimum Gasteiger partial charge on any atom is -0.321 e. The lowest BCUT2D eigenvalue weighted by molar-refractivity contribution is -0.130. The van der Waals surface area contributed by atoms with Gasteiger partial charge in [-0.15, -0.1) is 11.8 Å². The van der Waals surface area contributed by atoms with Gasteiger partial charge in [-0.3, -0.25) is 4.79 Å². The van der Waals surface area contributed by atoms with Gasteiger partial charge in [0, 0.05) is 6.54 Å². The number of carbonyl (C=O) groups is 1. The summed E-state index contributed by atoms with van der Waals surface area (Å²) >= 11 is 1.73. The van der Waals surface area contributed by atoms with Crippen LogP contribution in [-0.4, -0.2) is 16.1 Å². The summed E-state index contributed by atoms with van der Waals surface area (Å²) in [7, 11) is 0. The van der Waals surface area contributed by atoms with Gasteiger partial charge in [-0.2, -0.15) is 0 Å². The Kier molecular flexibility index (Phi) is 3.79. The zero-order valence-corrected chi connectivity index (χ0v) is 12.2. The Balaban J connectivity index is 1.87. The highest BCUT2D eigenvalue weighted by Gasteiger charge is 2.38. The molecule has 1 saturated heterocycles. The lowest BCUT2D eigenvalue weighted by Crippen LogP contribution is -2.29. The lowest BCUT2D eigenvalue weighted by Gasteiger charge is -2.24. The molecule has 2 aromatic carbocycles. The second kappa shape index (κ2) is 5.71. The Bertz CT molecular complexity index is 584. The summed E-state index contributed by atoms with van der Waals surface area (Å²) in [6, 6.07) is 20.5. The normalized spacial score (nSPS) is 22.2. The third-order valence-corrected chi connectivity index (χ3v) is 4.92. The number of thioether (sulfide) groups is 1. The second-order valence-electron chi connectivity index (χ2n) is 4.99. The summed E-state index contributed by atoms with van der Waals surface area (Å²) in [4.78, 5) is 14.4. The van der Waals surface area contributed by atoms with Crippen molar-refractivity contribution in [1.82, 2.24) is 4.90 Å². The maximum absolute atomic E-state index is 12.4. The van der Waals surface area contributed by atoms with Gasteiger partial charge < -0.3 is 4.90 Å². The first-order chi connectivity index (χ1) is 9.75. The van der Waals surface area contributed by atoms with Crippen molar-refractivity contribution in [1.29, 1.82) is 0 Å². The average Bonchev–Trinajstić information content (AvgIpc) is 2.78. The van der Waals surface area contributed by atoms with Gasteiger partial charge in [0.25, 0.3) is 0 Å². The number of hydrogen-bond acceptors (Lipinski definition) is 2. The molecule has 102 valence electrons. The zero-order valence-electron chi connectivity index (χ0n) is 11.4. The molecule has 0 spiro atoms. The zero-order chi connectivity index (χ0) is 13.9. The van der Waals surface area contributed by atoms with Crippen molar-refractivity contribution in [3.63, 3.8) is 0 Å². The van der Waals surface area contributed by atoms with Crippen LogP contribution in [0.25, 0.3) is 0 Å². The molecule has 0 unspecified atom stereocenters. The Labute approximate surface area is 123 Å². The number of benzene rings is 2. The minimum absolute atomic E-state index is 0.0314. The van der Waals surface area contributed by atoms with E-state index in [-0.39, 0.29) is 16.5 Å². The lowest BCUT2D eigenvalue weighted by atomic mass is 10.1. The van der Waals surface area contributed by atoms with Crippen LogP contribution in [0.5, 0.6) is 0 Å². The molecule has 1 aliphatic heterocycles. The van der Waals surface area contributed by atoms with Crippen molar-refractivity contribution >= 4 is 17.7 Å². The van der Waals surface area contributed by atoms with Crippen LogP contribution in [0.4, 0.5) is 0 Å². The van der Waals surface area contributed by atoms with Crippen molar-refractivity contribution in [2.24, 2.45) is 0 Å². The first-order valence-corrected chi connectivity index (χ1v) is 7.75. The fourth-order valence-corrected chi connectivity index (χ4v) is 3.77. The van der Waals surface area contributed by atoms with E-state index in [9.17, 15) is 4.79 Å². The first-order valence-electron chi connectivity index (χ1n) is 6.80. The molecule has 0 saturated carbocycles. The van der Waals surface area contributed by atoms with Gasteiger partial charge in [-0.25, -0.2) is 0 Å². The maximum Gasteiger partial charge on any atom is 0.236 e. The third-order valence-electron chi connectivity index (χ3n) is 3.53. The average molecular weight is 283 g/mol. The number of amides is 1. The first kappa shape index (κ1) is 13.3. The molecule has 3 rings (SSSR count). The van der Waals surface area contributed by atoms with E-state index in [2.05, 4.69) is 24.3 Å². The molecule has 1 heterocycles. The highest BCUT2D eigenvalue weighted by atomic mass is 32.2. The van der Waals surface area contributed by atoms with Crippen LogP contribution in [0.3, 0.4) is 0 Å². The fourth-order valence-electron chi connectivity index (χ4n) is 2.49. The number of carbonyl (C=O) groups excluding carboxylic acids is 1. The van der Waals surface area contributed by atoms with Gasteiger partial charge in [0.2, 0.25) is 5.91 Å². The van der Waals surface area contributed by atoms with E-state index in [1.54, 1.807) is 11.8 Å². The molecule has 3 heteroatoms. The smallest absolute Gasteiger partial charge is 0.236 e. The molecule has 0 radical (unpaired) electrons. The van der Waals surface area contributed by atoms with E-state index in [0.717, 1.165) is 0 Å². The van der Waals surface area contributed by atoms with Crippen LogP contribution in [-0.2, 0) is 11.3 Å². The highest BCUT2D eigenvalue weighted by molar-refractivity contribution is 8.01. The largest absolute Gasteiger partial charge is 0.321 e. The highest BCUT2D eigenvalue weighted by Crippen LogP contribution is 2.43. The monoisotopic (exact) mass is 283 g/mol. The molecule has 0 bridgehead atoms. The molecule has 20 heavy (non-hydrogen) atoms. The van der Waals surface area contributed by atoms with Crippen molar-refractivity contribution in [2.75, 3.05) is 0 Å². The summed E-state index contributed by atoms with van der Waals surface area (Å²) < 4.78 is 0. The summed E-state index contributed by atoms with van der Waals surface area (Å²) in [5, 5.41) is 0.155.